The maximum atomic E-state index is 11.9. The van der Waals surface area contributed by atoms with E-state index in [4.69, 9.17) is 14.2 Å². The Hall–Kier alpha value is -3.15. The van der Waals surface area contributed by atoms with Crippen LogP contribution in [0.2, 0.25) is 0 Å². The number of rotatable bonds is 6. The summed E-state index contributed by atoms with van der Waals surface area (Å²) in [6, 6.07) is 14.9. The molecule has 0 aliphatic carbocycles. The number of ether oxygens (including phenoxy) is 3. The smallest absolute Gasteiger partial charge is 0.345 e. The van der Waals surface area contributed by atoms with Crippen LogP contribution in [0.4, 0.5) is 0 Å². The van der Waals surface area contributed by atoms with E-state index in [9.17, 15) is 14.4 Å². The van der Waals surface area contributed by atoms with Crippen LogP contribution in [0.3, 0.4) is 0 Å². The Morgan fingerprint density at radius 3 is 2.07 bits per heavy atom. The molecule has 0 aliphatic rings. The van der Waals surface area contributed by atoms with Crippen molar-refractivity contribution in [1.29, 1.82) is 0 Å². The van der Waals surface area contributed by atoms with Crippen LogP contribution in [0.25, 0.3) is 0 Å². The largest absolute Gasteiger partial charge is 0.482 e. The third kappa shape index (κ3) is 7.32. The minimum Gasteiger partial charge on any atom is -0.482 e. The van der Waals surface area contributed by atoms with Gasteiger partial charge < -0.3 is 14.2 Å². The summed E-state index contributed by atoms with van der Waals surface area (Å²) in [6.07, 6.45) is -0.0507. The molecule has 2 aromatic rings. The highest BCUT2D eigenvalue weighted by molar-refractivity contribution is 5.97. The van der Waals surface area contributed by atoms with E-state index in [1.54, 1.807) is 75.4 Å². The molecule has 6 nitrogen and oxygen atoms in total. The zero-order valence-corrected chi connectivity index (χ0v) is 15.6. The Labute approximate surface area is 158 Å². The second-order valence-corrected chi connectivity index (χ2v) is 6.82. The normalized spacial score (nSPS) is 10.8. The number of hydrogen-bond acceptors (Lipinski definition) is 6. The minimum absolute atomic E-state index is 0.0507. The van der Waals surface area contributed by atoms with Crippen molar-refractivity contribution in [2.45, 2.75) is 32.8 Å². The molecule has 2 aromatic carbocycles. The molecule has 0 spiro atoms. The van der Waals surface area contributed by atoms with Crippen molar-refractivity contribution < 1.29 is 28.6 Å². The number of carbonyl (C=O) groups is 3. The van der Waals surface area contributed by atoms with Crippen molar-refractivity contribution >= 4 is 17.9 Å². The molecule has 0 radical (unpaired) electrons. The van der Waals surface area contributed by atoms with Gasteiger partial charge in [-0.1, -0.05) is 30.3 Å². The van der Waals surface area contributed by atoms with Gasteiger partial charge in [0.25, 0.3) is 0 Å². The summed E-state index contributed by atoms with van der Waals surface area (Å²) < 4.78 is 15.3. The maximum Gasteiger partial charge on any atom is 0.345 e. The van der Waals surface area contributed by atoms with Crippen LogP contribution in [0.15, 0.2) is 54.6 Å². The van der Waals surface area contributed by atoms with Gasteiger partial charge in [-0.05, 0) is 50.6 Å². The zero-order valence-electron chi connectivity index (χ0n) is 15.6. The molecule has 27 heavy (non-hydrogen) atoms. The van der Waals surface area contributed by atoms with Crippen molar-refractivity contribution in [2.75, 3.05) is 6.61 Å². The standard InChI is InChI=1S/C21H22O6/c1-21(2,3)27-19(23)14-25-17-11-9-15(10-12-17)13-18(22)26-20(24)16-7-5-4-6-8-16/h4-12H,13-14H2,1-3H3. The van der Waals surface area contributed by atoms with Gasteiger partial charge in [0.05, 0.1) is 12.0 Å². The summed E-state index contributed by atoms with van der Waals surface area (Å²) in [4.78, 5) is 35.4. The Morgan fingerprint density at radius 1 is 0.852 bits per heavy atom. The van der Waals surface area contributed by atoms with E-state index in [0.717, 1.165) is 0 Å². The van der Waals surface area contributed by atoms with Gasteiger partial charge in [0.15, 0.2) is 6.61 Å². The molecule has 0 N–H and O–H groups in total. The number of benzene rings is 2. The third-order valence-electron chi connectivity index (χ3n) is 3.26. The van der Waals surface area contributed by atoms with Crippen LogP contribution in [-0.4, -0.2) is 30.1 Å². The predicted molar refractivity (Wildman–Crippen MR) is 98.4 cm³/mol. The molecular formula is C21H22O6. The van der Waals surface area contributed by atoms with Crippen LogP contribution in [0.5, 0.6) is 5.75 Å². The quantitative estimate of drug-likeness (QED) is 0.573. The summed E-state index contributed by atoms with van der Waals surface area (Å²) in [5.74, 6) is -1.32. The van der Waals surface area contributed by atoms with E-state index in [-0.39, 0.29) is 13.0 Å². The van der Waals surface area contributed by atoms with Gasteiger partial charge in [0, 0.05) is 0 Å². The first-order chi connectivity index (χ1) is 12.7. The number of esters is 3. The molecule has 142 valence electrons. The van der Waals surface area contributed by atoms with Gasteiger partial charge in [0.1, 0.15) is 11.4 Å². The van der Waals surface area contributed by atoms with Crippen LogP contribution < -0.4 is 4.74 Å². The second-order valence-electron chi connectivity index (χ2n) is 6.82. The lowest BCUT2D eigenvalue weighted by Crippen LogP contribution is -2.27. The third-order valence-corrected chi connectivity index (χ3v) is 3.26. The molecule has 2 rings (SSSR count). The Kier molecular flexibility index (Phi) is 6.71. The van der Waals surface area contributed by atoms with E-state index >= 15 is 0 Å². The van der Waals surface area contributed by atoms with Gasteiger partial charge in [-0.3, -0.25) is 4.79 Å². The molecule has 0 aromatic heterocycles. The first-order valence-electron chi connectivity index (χ1n) is 8.46. The van der Waals surface area contributed by atoms with E-state index < -0.39 is 23.5 Å². The molecule has 0 unspecified atom stereocenters. The van der Waals surface area contributed by atoms with Crippen molar-refractivity contribution in [3.05, 3.63) is 65.7 Å². The van der Waals surface area contributed by atoms with Crippen LogP contribution in [0.1, 0.15) is 36.7 Å². The van der Waals surface area contributed by atoms with E-state index in [0.29, 0.717) is 16.9 Å². The van der Waals surface area contributed by atoms with Gasteiger partial charge in [-0.2, -0.15) is 0 Å². The van der Waals surface area contributed by atoms with Crippen LogP contribution in [-0.2, 0) is 25.5 Å². The van der Waals surface area contributed by atoms with E-state index in [2.05, 4.69) is 0 Å². The average Bonchev–Trinajstić information content (AvgIpc) is 2.60. The van der Waals surface area contributed by atoms with Crippen molar-refractivity contribution in [3.8, 4) is 5.75 Å². The molecule has 6 heteroatoms. The highest BCUT2D eigenvalue weighted by Crippen LogP contribution is 2.14. The minimum atomic E-state index is -0.682. The number of hydrogen-bond donors (Lipinski definition) is 0. The van der Waals surface area contributed by atoms with Gasteiger partial charge in [0.2, 0.25) is 0 Å². The molecule has 0 fully saturated rings. The Bertz CT molecular complexity index is 788. The van der Waals surface area contributed by atoms with Crippen LogP contribution >= 0.6 is 0 Å². The van der Waals surface area contributed by atoms with Crippen molar-refractivity contribution in [2.24, 2.45) is 0 Å². The second kappa shape index (κ2) is 8.98. The van der Waals surface area contributed by atoms with Crippen LogP contribution in [0, 0.1) is 0 Å². The highest BCUT2D eigenvalue weighted by atomic mass is 16.6. The van der Waals surface area contributed by atoms with Crippen molar-refractivity contribution in [3.63, 3.8) is 0 Å². The molecule has 0 saturated carbocycles. The van der Waals surface area contributed by atoms with E-state index in [1.165, 1.54) is 0 Å². The summed E-state index contributed by atoms with van der Waals surface area (Å²) in [5, 5.41) is 0. The van der Waals surface area contributed by atoms with E-state index in [1.807, 2.05) is 0 Å². The maximum absolute atomic E-state index is 11.9. The first-order valence-corrected chi connectivity index (χ1v) is 8.46. The zero-order chi connectivity index (χ0) is 19.9. The highest BCUT2D eigenvalue weighted by Gasteiger charge is 2.17. The summed E-state index contributed by atoms with van der Waals surface area (Å²) in [6.45, 7) is 5.13. The number of carbonyl (C=O) groups excluding carboxylic acids is 3. The SMILES string of the molecule is CC(C)(C)OC(=O)COc1ccc(CC(=O)OC(=O)c2ccccc2)cc1. The first kappa shape index (κ1) is 20.2. The summed E-state index contributed by atoms with van der Waals surface area (Å²) in [7, 11) is 0. The molecular weight excluding hydrogens is 348 g/mol. The topological polar surface area (TPSA) is 78.9 Å². The molecule has 0 saturated heterocycles. The molecule has 0 aliphatic heterocycles. The fourth-order valence-corrected chi connectivity index (χ4v) is 2.16. The monoisotopic (exact) mass is 370 g/mol. The molecule has 0 heterocycles. The summed E-state index contributed by atoms with van der Waals surface area (Å²) in [5.41, 5.74) is 0.407. The fraction of sp³-hybridized carbons (Fsp3) is 0.286. The van der Waals surface area contributed by atoms with Gasteiger partial charge in [-0.15, -0.1) is 0 Å². The molecule has 0 bridgehead atoms. The molecule has 0 amide bonds. The fourth-order valence-electron chi connectivity index (χ4n) is 2.16. The van der Waals surface area contributed by atoms with Crippen molar-refractivity contribution in [1.82, 2.24) is 0 Å². The summed E-state index contributed by atoms with van der Waals surface area (Å²) >= 11 is 0. The lowest BCUT2D eigenvalue weighted by atomic mass is 10.1. The van der Waals surface area contributed by atoms with Gasteiger partial charge >= 0.3 is 17.9 Å². The Morgan fingerprint density at radius 2 is 1.48 bits per heavy atom. The lowest BCUT2D eigenvalue weighted by Gasteiger charge is -2.19. The lowest BCUT2D eigenvalue weighted by molar-refractivity contribution is -0.157. The predicted octanol–water partition coefficient (Wildman–Crippen LogP) is 3.33. The molecule has 0 atom stereocenters. The average molecular weight is 370 g/mol. The van der Waals surface area contributed by atoms with Gasteiger partial charge in [-0.25, -0.2) is 9.59 Å². The Balaban J connectivity index is 1.82.